The predicted molar refractivity (Wildman–Crippen MR) is 118 cm³/mol. The highest BCUT2D eigenvalue weighted by Crippen LogP contribution is 2.32. The summed E-state index contributed by atoms with van der Waals surface area (Å²) in [4.78, 5) is 12.2. The average Bonchev–Trinajstić information content (AvgIpc) is 2.75. The molecule has 176 valence electrons. The number of pyridine rings is 1. The molecule has 0 radical (unpaired) electrons. The topological polar surface area (TPSA) is 106 Å². The maximum Gasteiger partial charge on any atom is 0.422 e. The number of alkyl halides is 3. The van der Waals surface area contributed by atoms with Gasteiger partial charge in [0.05, 0.1) is 21.4 Å². The molecule has 0 aliphatic heterocycles. The van der Waals surface area contributed by atoms with Crippen LogP contribution in [0.3, 0.4) is 0 Å². The van der Waals surface area contributed by atoms with Crippen LogP contribution in [0.5, 0.6) is 5.75 Å². The SMILES string of the molecule is CCS(=O)(=O)c1ccc(OCC(F)(F)F)c(Nc2cc(Nc3cc(C)c(Cl)cn3)ncn2)c1. The van der Waals surface area contributed by atoms with Gasteiger partial charge in [0.25, 0.3) is 0 Å². The average molecular weight is 502 g/mol. The minimum Gasteiger partial charge on any atom is -0.482 e. The number of aromatic nitrogens is 3. The first kappa shape index (κ1) is 24.5. The van der Waals surface area contributed by atoms with Crippen LogP contribution in [-0.2, 0) is 9.84 Å². The van der Waals surface area contributed by atoms with Crippen LogP contribution in [-0.4, -0.2) is 41.9 Å². The van der Waals surface area contributed by atoms with Crippen LogP contribution in [0.1, 0.15) is 12.5 Å². The second kappa shape index (κ2) is 9.79. The van der Waals surface area contributed by atoms with Gasteiger partial charge in [-0.25, -0.2) is 23.4 Å². The van der Waals surface area contributed by atoms with E-state index in [1.807, 2.05) is 6.92 Å². The highest BCUT2D eigenvalue weighted by molar-refractivity contribution is 7.91. The van der Waals surface area contributed by atoms with E-state index in [0.717, 1.165) is 11.6 Å². The van der Waals surface area contributed by atoms with E-state index in [-0.39, 0.29) is 27.9 Å². The van der Waals surface area contributed by atoms with Gasteiger partial charge in [-0.05, 0) is 36.8 Å². The summed E-state index contributed by atoms with van der Waals surface area (Å²) in [5.41, 5.74) is 0.792. The molecule has 0 spiro atoms. The van der Waals surface area contributed by atoms with Crippen LogP contribution in [0.2, 0.25) is 5.02 Å². The Morgan fingerprint density at radius 1 is 1.03 bits per heavy atom. The number of nitrogens with one attached hydrogen (secondary N) is 2. The number of anilines is 4. The maximum absolute atomic E-state index is 12.7. The lowest BCUT2D eigenvalue weighted by Gasteiger charge is -2.16. The summed E-state index contributed by atoms with van der Waals surface area (Å²) in [6, 6.07) is 6.73. The van der Waals surface area contributed by atoms with Crippen LogP contribution < -0.4 is 15.4 Å². The molecule has 2 N–H and O–H groups in total. The molecule has 0 aliphatic rings. The molecule has 3 aromatic rings. The highest BCUT2D eigenvalue weighted by atomic mass is 35.5. The van der Waals surface area contributed by atoms with Gasteiger partial charge < -0.3 is 15.4 Å². The van der Waals surface area contributed by atoms with Crippen LogP contribution in [0.25, 0.3) is 0 Å². The van der Waals surface area contributed by atoms with Gasteiger partial charge in [-0.2, -0.15) is 13.2 Å². The number of halogens is 4. The van der Waals surface area contributed by atoms with Crippen molar-refractivity contribution in [3.8, 4) is 5.75 Å². The molecular weight excluding hydrogens is 483 g/mol. The van der Waals surface area contributed by atoms with Gasteiger partial charge >= 0.3 is 6.18 Å². The van der Waals surface area contributed by atoms with Gasteiger partial charge in [0.15, 0.2) is 16.4 Å². The molecule has 1 aromatic carbocycles. The fourth-order valence-electron chi connectivity index (χ4n) is 2.62. The van der Waals surface area contributed by atoms with Crippen molar-refractivity contribution < 1.29 is 26.3 Å². The van der Waals surface area contributed by atoms with Crippen molar-refractivity contribution in [1.82, 2.24) is 15.0 Å². The van der Waals surface area contributed by atoms with Crippen molar-refractivity contribution >= 4 is 44.6 Å². The van der Waals surface area contributed by atoms with E-state index in [4.69, 9.17) is 16.3 Å². The summed E-state index contributed by atoms with van der Waals surface area (Å²) in [5.74, 6) is 0.611. The van der Waals surface area contributed by atoms with Crippen molar-refractivity contribution in [2.45, 2.75) is 24.9 Å². The summed E-state index contributed by atoms with van der Waals surface area (Å²) < 4.78 is 67.3. The van der Waals surface area contributed by atoms with Crippen LogP contribution in [0.15, 0.2) is 47.8 Å². The monoisotopic (exact) mass is 501 g/mol. The van der Waals surface area contributed by atoms with Crippen molar-refractivity contribution in [2.24, 2.45) is 0 Å². The molecule has 0 unspecified atom stereocenters. The minimum atomic E-state index is -4.57. The second-order valence-electron chi connectivity index (χ2n) is 6.82. The molecular formula is C20H19ClF3N5O3S. The molecule has 2 aromatic heterocycles. The Balaban J connectivity index is 1.90. The fourth-order valence-corrected chi connectivity index (χ4v) is 3.63. The van der Waals surface area contributed by atoms with Gasteiger partial charge in [0.2, 0.25) is 0 Å². The van der Waals surface area contributed by atoms with E-state index in [1.165, 1.54) is 37.6 Å². The number of ether oxygens (including phenoxy) is 1. The molecule has 8 nitrogen and oxygen atoms in total. The molecule has 2 heterocycles. The summed E-state index contributed by atoms with van der Waals surface area (Å²) in [5, 5.41) is 6.27. The number of hydrogen-bond donors (Lipinski definition) is 2. The highest BCUT2D eigenvalue weighted by Gasteiger charge is 2.29. The third-order valence-electron chi connectivity index (χ3n) is 4.31. The van der Waals surface area contributed by atoms with Gasteiger partial charge in [-0.3, -0.25) is 0 Å². The zero-order valence-corrected chi connectivity index (χ0v) is 19.0. The first-order valence-corrected chi connectivity index (χ1v) is 11.5. The summed E-state index contributed by atoms with van der Waals surface area (Å²) in [7, 11) is -3.61. The van der Waals surface area contributed by atoms with Gasteiger partial charge in [0, 0.05) is 12.3 Å². The Kier molecular flexibility index (Phi) is 7.28. The minimum absolute atomic E-state index is 0.00103. The lowest BCUT2D eigenvalue weighted by Crippen LogP contribution is -2.19. The van der Waals surface area contributed by atoms with Gasteiger partial charge in [-0.15, -0.1) is 0 Å². The Labute approximate surface area is 193 Å². The van der Waals surface area contributed by atoms with Crippen molar-refractivity contribution in [3.63, 3.8) is 0 Å². The lowest BCUT2D eigenvalue weighted by atomic mass is 10.3. The molecule has 0 fully saturated rings. The van der Waals surface area contributed by atoms with Gasteiger partial charge in [0.1, 0.15) is 29.5 Å². The third kappa shape index (κ3) is 6.68. The van der Waals surface area contributed by atoms with Crippen LogP contribution in [0, 0.1) is 6.92 Å². The predicted octanol–water partition coefficient (Wildman–Crippen LogP) is 5.06. The molecule has 0 atom stereocenters. The van der Waals surface area contributed by atoms with Crippen LogP contribution in [0.4, 0.5) is 36.3 Å². The number of hydrogen-bond acceptors (Lipinski definition) is 8. The van der Waals surface area contributed by atoms with Gasteiger partial charge in [-0.1, -0.05) is 18.5 Å². The lowest BCUT2D eigenvalue weighted by molar-refractivity contribution is -0.153. The zero-order valence-electron chi connectivity index (χ0n) is 17.4. The smallest absolute Gasteiger partial charge is 0.422 e. The molecule has 0 saturated heterocycles. The quantitative estimate of drug-likeness (QED) is 0.441. The number of nitrogens with zero attached hydrogens (tertiary/aromatic N) is 3. The Hall–Kier alpha value is -3.12. The molecule has 0 saturated carbocycles. The van der Waals surface area contributed by atoms with E-state index in [9.17, 15) is 21.6 Å². The Morgan fingerprint density at radius 3 is 2.33 bits per heavy atom. The Morgan fingerprint density at radius 2 is 1.70 bits per heavy atom. The molecule has 3 rings (SSSR count). The standard InChI is InChI=1S/C20H19ClF3N5O3S/c1-3-33(30,31)13-4-5-16(32-10-20(22,23)24)15(7-13)28-18-8-19(27-11-26-18)29-17-6-12(2)14(21)9-25-17/h4-9,11H,3,10H2,1-2H3,(H2,25,26,27,28,29). The summed E-state index contributed by atoms with van der Waals surface area (Å²) in [6.07, 6.45) is -1.87. The fraction of sp³-hybridized carbons (Fsp3) is 0.250. The van der Waals surface area contributed by atoms with E-state index >= 15 is 0 Å². The number of rotatable bonds is 8. The molecule has 0 bridgehead atoms. The first-order chi connectivity index (χ1) is 15.5. The van der Waals surface area contributed by atoms with E-state index in [2.05, 4.69) is 25.6 Å². The number of aryl methyl sites for hydroxylation is 1. The largest absolute Gasteiger partial charge is 0.482 e. The first-order valence-electron chi connectivity index (χ1n) is 9.51. The van der Waals surface area contributed by atoms with E-state index in [0.29, 0.717) is 16.7 Å². The number of benzene rings is 1. The third-order valence-corrected chi connectivity index (χ3v) is 6.44. The van der Waals surface area contributed by atoms with Crippen LogP contribution >= 0.6 is 11.6 Å². The zero-order chi connectivity index (χ0) is 24.2. The molecule has 13 heteroatoms. The van der Waals surface area contributed by atoms with E-state index < -0.39 is 22.6 Å². The summed E-state index contributed by atoms with van der Waals surface area (Å²) in [6.45, 7) is 1.73. The molecule has 33 heavy (non-hydrogen) atoms. The molecule has 0 amide bonds. The Bertz CT molecular complexity index is 1260. The summed E-state index contributed by atoms with van der Waals surface area (Å²) >= 11 is 5.97. The number of sulfone groups is 1. The van der Waals surface area contributed by atoms with Crippen molar-refractivity contribution in [2.75, 3.05) is 23.0 Å². The maximum atomic E-state index is 12.7. The molecule has 0 aliphatic carbocycles. The van der Waals surface area contributed by atoms with Crippen molar-refractivity contribution in [3.05, 3.63) is 53.4 Å². The second-order valence-corrected chi connectivity index (χ2v) is 9.51. The van der Waals surface area contributed by atoms with E-state index in [1.54, 1.807) is 6.07 Å². The van der Waals surface area contributed by atoms with Crippen molar-refractivity contribution in [1.29, 1.82) is 0 Å². The normalized spacial score (nSPS) is 11.8.